The van der Waals surface area contributed by atoms with Crippen molar-refractivity contribution in [3.63, 3.8) is 0 Å². The lowest BCUT2D eigenvalue weighted by atomic mass is 9.76. The maximum absolute atomic E-state index is 3.91. The molecule has 0 amide bonds. The van der Waals surface area contributed by atoms with Gasteiger partial charge in [-0.1, -0.05) is 138 Å². The Labute approximate surface area is 215 Å². The molecule has 0 nitrogen and oxygen atoms in total. The van der Waals surface area contributed by atoms with Gasteiger partial charge in [0.05, 0.1) is 0 Å². The van der Waals surface area contributed by atoms with Gasteiger partial charge in [-0.25, -0.2) is 0 Å². The maximum atomic E-state index is 3.91. The Hall–Kier alpha value is -2.08. The van der Waals surface area contributed by atoms with Crippen LogP contribution in [0.2, 0.25) is 0 Å². The van der Waals surface area contributed by atoms with E-state index in [1.165, 1.54) is 46.2 Å². The fourth-order valence-corrected chi connectivity index (χ4v) is 3.31. The van der Waals surface area contributed by atoms with Crippen LogP contribution in [0, 0.1) is 6.92 Å². The molecule has 0 atom stereocenters. The molecular formula is C34H58. The highest BCUT2D eigenvalue weighted by Crippen LogP contribution is 2.34. The van der Waals surface area contributed by atoms with E-state index in [0.29, 0.717) is 0 Å². The summed E-state index contributed by atoms with van der Waals surface area (Å²) in [6.07, 6.45) is 9.41. The van der Waals surface area contributed by atoms with E-state index in [-0.39, 0.29) is 5.41 Å². The molecule has 0 heterocycles. The lowest BCUT2D eigenvalue weighted by molar-refractivity contribution is 0.638. The van der Waals surface area contributed by atoms with Crippen LogP contribution in [0.1, 0.15) is 122 Å². The van der Waals surface area contributed by atoms with Gasteiger partial charge in [-0.05, 0) is 59.6 Å². The number of allylic oxidation sites excluding steroid dienone is 2. The van der Waals surface area contributed by atoms with Gasteiger partial charge in [0.2, 0.25) is 0 Å². The Morgan fingerprint density at radius 2 is 1.03 bits per heavy atom. The highest BCUT2D eigenvalue weighted by Gasteiger charge is 2.24. The average molecular weight is 467 g/mol. The zero-order valence-corrected chi connectivity index (χ0v) is 25.1. The third kappa shape index (κ3) is 13.0. The molecule has 0 saturated heterocycles. The van der Waals surface area contributed by atoms with Gasteiger partial charge >= 0.3 is 0 Å². The second kappa shape index (κ2) is 22.7. The summed E-state index contributed by atoms with van der Waals surface area (Å²) in [6.45, 7) is 33.3. The first-order valence-corrected chi connectivity index (χ1v) is 13.7. The Morgan fingerprint density at radius 1 is 0.647 bits per heavy atom. The Kier molecular flexibility index (Phi) is 24.4. The molecule has 0 aromatic heterocycles. The summed E-state index contributed by atoms with van der Waals surface area (Å²) < 4.78 is 0. The van der Waals surface area contributed by atoms with Crippen molar-refractivity contribution in [3.05, 3.63) is 95.1 Å². The van der Waals surface area contributed by atoms with Crippen LogP contribution in [0.4, 0.5) is 0 Å². The second-order valence-corrected chi connectivity index (χ2v) is 8.50. The van der Waals surface area contributed by atoms with Crippen LogP contribution < -0.4 is 0 Å². The van der Waals surface area contributed by atoms with E-state index in [0.717, 1.165) is 19.3 Å². The Bertz CT molecular complexity index is 760. The fraction of sp³-hybridized carbons (Fsp3) is 0.529. The van der Waals surface area contributed by atoms with Gasteiger partial charge < -0.3 is 0 Å². The second-order valence-electron chi connectivity index (χ2n) is 8.50. The van der Waals surface area contributed by atoms with Gasteiger partial charge in [0.15, 0.2) is 0 Å². The summed E-state index contributed by atoms with van der Waals surface area (Å²) in [4.78, 5) is 0. The van der Waals surface area contributed by atoms with Crippen molar-refractivity contribution in [1.82, 2.24) is 0 Å². The normalized spacial score (nSPS) is 9.41. The molecule has 0 aliphatic heterocycles. The van der Waals surface area contributed by atoms with E-state index >= 15 is 0 Å². The summed E-state index contributed by atoms with van der Waals surface area (Å²) in [5, 5.41) is 0. The average Bonchev–Trinajstić information content (AvgIpc) is 2.84. The zero-order chi connectivity index (χ0) is 27.2. The number of hydrogen-bond acceptors (Lipinski definition) is 0. The SMILES string of the molecule is C=CCc1cc(C(C)(C)c2ccc(CC)c(CC=C)c2)ccc1C.CC.CC.CCC.CCC. The molecule has 2 rings (SSSR count). The molecule has 0 unspecified atom stereocenters. The third-order valence-corrected chi connectivity index (χ3v) is 5.11. The van der Waals surface area contributed by atoms with Crippen molar-refractivity contribution >= 4 is 0 Å². The monoisotopic (exact) mass is 466 g/mol. The van der Waals surface area contributed by atoms with Crippen molar-refractivity contribution in [3.8, 4) is 0 Å². The van der Waals surface area contributed by atoms with Crippen LogP contribution in [-0.2, 0) is 24.7 Å². The van der Waals surface area contributed by atoms with Gasteiger partial charge in [0, 0.05) is 5.41 Å². The zero-order valence-electron chi connectivity index (χ0n) is 25.1. The molecule has 0 spiro atoms. The van der Waals surface area contributed by atoms with E-state index in [1.54, 1.807) is 0 Å². The summed E-state index contributed by atoms with van der Waals surface area (Å²) in [5.41, 5.74) is 8.23. The topological polar surface area (TPSA) is 0 Å². The first-order valence-electron chi connectivity index (χ1n) is 13.7. The van der Waals surface area contributed by atoms with Crippen LogP contribution in [0.25, 0.3) is 0 Å². The molecule has 0 bridgehead atoms. The number of aryl methyl sites for hydroxylation is 2. The van der Waals surface area contributed by atoms with Gasteiger partial charge in [0.1, 0.15) is 0 Å². The number of rotatable bonds is 7. The Balaban J connectivity index is -0.000000834. The summed E-state index contributed by atoms with van der Waals surface area (Å²) in [5.74, 6) is 0. The molecule has 0 heteroatoms. The highest BCUT2D eigenvalue weighted by atomic mass is 14.3. The van der Waals surface area contributed by atoms with Crippen molar-refractivity contribution in [2.24, 2.45) is 0 Å². The standard InChI is InChI=1S/C24H30.2C3H8.2C2H6/c1-7-10-20-16-22(14-12-18(20)4)24(5,6)23-15-13-19(9-3)21(17-23)11-8-2;2*1-3-2;2*1-2/h7-8,12-17H,1-2,9-11H2,3-6H3;2*3H2,1-2H3;2*1-2H3. The van der Waals surface area contributed by atoms with Crippen molar-refractivity contribution < 1.29 is 0 Å². The number of hydrogen-bond donors (Lipinski definition) is 0. The van der Waals surface area contributed by atoms with E-state index < -0.39 is 0 Å². The molecule has 0 saturated carbocycles. The fourth-order valence-electron chi connectivity index (χ4n) is 3.31. The lowest BCUT2D eigenvalue weighted by Gasteiger charge is -2.28. The number of benzene rings is 2. The quantitative estimate of drug-likeness (QED) is 0.356. The third-order valence-electron chi connectivity index (χ3n) is 5.11. The molecule has 34 heavy (non-hydrogen) atoms. The van der Waals surface area contributed by atoms with Crippen molar-refractivity contribution in [1.29, 1.82) is 0 Å². The van der Waals surface area contributed by atoms with E-state index in [1.807, 2.05) is 39.8 Å². The van der Waals surface area contributed by atoms with Gasteiger partial charge in [-0.2, -0.15) is 0 Å². The molecular weight excluding hydrogens is 408 g/mol. The molecule has 2 aromatic rings. The van der Waals surface area contributed by atoms with Crippen LogP contribution >= 0.6 is 0 Å². The predicted molar refractivity (Wildman–Crippen MR) is 162 cm³/mol. The smallest absolute Gasteiger partial charge is 0.0146 e. The maximum Gasteiger partial charge on any atom is 0.0146 e. The molecule has 194 valence electrons. The van der Waals surface area contributed by atoms with Crippen LogP contribution in [-0.4, -0.2) is 0 Å². The van der Waals surface area contributed by atoms with Crippen LogP contribution in [0.15, 0.2) is 61.7 Å². The molecule has 0 fully saturated rings. The molecule has 0 aliphatic rings. The summed E-state index contributed by atoms with van der Waals surface area (Å²) in [7, 11) is 0. The molecule has 0 radical (unpaired) electrons. The van der Waals surface area contributed by atoms with Crippen molar-refractivity contribution in [2.45, 2.75) is 121 Å². The van der Waals surface area contributed by atoms with Gasteiger partial charge in [-0.15, -0.1) is 13.2 Å². The predicted octanol–water partition coefficient (Wildman–Crippen LogP) is 11.2. The minimum atomic E-state index is -0.0220. The molecule has 0 aliphatic carbocycles. The first-order chi connectivity index (χ1) is 16.3. The van der Waals surface area contributed by atoms with Gasteiger partial charge in [0.25, 0.3) is 0 Å². The summed E-state index contributed by atoms with van der Waals surface area (Å²) >= 11 is 0. The van der Waals surface area contributed by atoms with E-state index in [9.17, 15) is 0 Å². The highest BCUT2D eigenvalue weighted by molar-refractivity contribution is 5.45. The first kappa shape index (κ1) is 36.5. The van der Waals surface area contributed by atoms with E-state index in [2.05, 4.69) is 105 Å². The minimum Gasteiger partial charge on any atom is -0.103 e. The molecule has 2 aromatic carbocycles. The van der Waals surface area contributed by atoms with Crippen LogP contribution in [0.5, 0.6) is 0 Å². The molecule has 0 N–H and O–H groups in total. The minimum absolute atomic E-state index is 0.0220. The summed E-state index contributed by atoms with van der Waals surface area (Å²) in [6, 6.07) is 13.8. The largest absolute Gasteiger partial charge is 0.103 e. The Morgan fingerprint density at radius 3 is 1.44 bits per heavy atom. The van der Waals surface area contributed by atoms with Crippen LogP contribution in [0.3, 0.4) is 0 Å². The lowest BCUT2D eigenvalue weighted by Crippen LogP contribution is -2.20. The van der Waals surface area contributed by atoms with Crippen molar-refractivity contribution in [2.75, 3.05) is 0 Å². The van der Waals surface area contributed by atoms with Gasteiger partial charge in [-0.3, -0.25) is 0 Å². The van der Waals surface area contributed by atoms with E-state index in [4.69, 9.17) is 0 Å².